The highest BCUT2D eigenvalue weighted by molar-refractivity contribution is 7.99. The predicted molar refractivity (Wildman–Crippen MR) is 75.9 cm³/mol. The summed E-state index contributed by atoms with van der Waals surface area (Å²) < 4.78 is 0. The van der Waals surface area contributed by atoms with Gasteiger partial charge in [0.25, 0.3) is 0 Å². The van der Waals surface area contributed by atoms with Crippen LogP contribution in [0.2, 0.25) is 0 Å². The van der Waals surface area contributed by atoms with Crippen LogP contribution in [-0.4, -0.2) is 46.5 Å². The zero-order valence-electron chi connectivity index (χ0n) is 11.6. The van der Waals surface area contributed by atoms with Crippen molar-refractivity contribution in [1.29, 1.82) is 0 Å². The monoisotopic (exact) mass is 275 g/mol. The molecule has 0 aromatic carbocycles. The molecule has 0 atom stereocenters. The molecule has 0 heterocycles. The van der Waals surface area contributed by atoms with Crippen LogP contribution >= 0.6 is 11.8 Å². The van der Waals surface area contributed by atoms with Gasteiger partial charge in [0, 0.05) is 18.7 Å². The number of rotatable bonds is 10. The van der Waals surface area contributed by atoms with Gasteiger partial charge in [0.1, 0.15) is 6.54 Å². The second-order valence-electron chi connectivity index (χ2n) is 4.78. The van der Waals surface area contributed by atoms with Crippen molar-refractivity contribution in [3.8, 4) is 0 Å². The van der Waals surface area contributed by atoms with E-state index in [2.05, 4.69) is 6.92 Å². The number of aliphatic carboxylic acids is 1. The quantitative estimate of drug-likeness (QED) is 0.622. The molecule has 0 aliphatic heterocycles. The summed E-state index contributed by atoms with van der Waals surface area (Å²) in [6.45, 7) is 6.45. The maximum absolute atomic E-state index is 11.9. The Morgan fingerprint density at radius 3 is 2.44 bits per heavy atom. The summed E-state index contributed by atoms with van der Waals surface area (Å²) in [5, 5.41) is 8.79. The zero-order chi connectivity index (χ0) is 14.0. The fraction of sp³-hybridized carbons (Fsp3) is 0.846. The average Bonchev–Trinajstić information content (AvgIpc) is 2.26. The van der Waals surface area contributed by atoms with Crippen LogP contribution in [0.1, 0.15) is 40.0 Å². The Hall–Kier alpha value is -0.710. The Balaban J connectivity index is 4.00. The summed E-state index contributed by atoms with van der Waals surface area (Å²) in [6.07, 6.45) is 2.78. The molecule has 0 aliphatic rings. The molecule has 0 radical (unpaired) electrons. The fourth-order valence-corrected chi connectivity index (χ4v) is 2.54. The van der Waals surface area contributed by atoms with Crippen molar-refractivity contribution in [1.82, 2.24) is 4.90 Å². The van der Waals surface area contributed by atoms with Gasteiger partial charge in [-0.3, -0.25) is 9.59 Å². The van der Waals surface area contributed by atoms with E-state index in [1.165, 1.54) is 17.7 Å². The molecule has 0 fully saturated rings. The van der Waals surface area contributed by atoms with Crippen molar-refractivity contribution in [3.63, 3.8) is 0 Å². The third-order valence-corrected chi connectivity index (χ3v) is 3.44. The first-order valence-electron chi connectivity index (χ1n) is 6.54. The molecule has 0 spiro atoms. The van der Waals surface area contributed by atoms with Gasteiger partial charge >= 0.3 is 5.97 Å². The lowest BCUT2D eigenvalue weighted by atomic mass is 10.2. The number of carboxylic acids is 1. The predicted octanol–water partition coefficient (Wildman–Crippen LogP) is 2.48. The largest absolute Gasteiger partial charge is 0.480 e. The van der Waals surface area contributed by atoms with Gasteiger partial charge in [-0.15, -0.1) is 0 Å². The molecule has 1 amide bonds. The average molecular weight is 275 g/mol. The number of hydrogen-bond donors (Lipinski definition) is 1. The van der Waals surface area contributed by atoms with Crippen molar-refractivity contribution in [3.05, 3.63) is 0 Å². The van der Waals surface area contributed by atoms with Crippen LogP contribution < -0.4 is 0 Å². The minimum atomic E-state index is -0.942. The summed E-state index contributed by atoms with van der Waals surface area (Å²) in [5.74, 6) is 1.17. The highest BCUT2D eigenvalue weighted by Gasteiger charge is 2.17. The van der Waals surface area contributed by atoms with Crippen LogP contribution in [0.15, 0.2) is 0 Å². The van der Waals surface area contributed by atoms with Crippen LogP contribution in [0.4, 0.5) is 0 Å². The van der Waals surface area contributed by atoms with Crippen molar-refractivity contribution in [2.45, 2.75) is 40.0 Å². The number of carboxylic acid groups (broad SMARTS) is 1. The number of nitrogens with zero attached hydrogens (tertiary/aromatic N) is 1. The Bertz CT molecular complexity index is 257. The van der Waals surface area contributed by atoms with Crippen molar-refractivity contribution >= 4 is 23.6 Å². The molecule has 0 saturated carbocycles. The first-order chi connectivity index (χ1) is 8.47. The Labute approximate surface area is 114 Å². The van der Waals surface area contributed by atoms with Gasteiger partial charge in [0.15, 0.2) is 0 Å². The Morgan fingerprint density at radius 1 is 1.28 bits per heavy atom. The normalized spacial score (nSPS) is 10.7. The first kappa shape index (κ1) is 17.3. The van der Waals surface area contributed by atoms with Crippen LogP contribution in [0, 0.1) is 5.92 Å². The van der Waals surface area contributed by atoms with E-state index >= 15 is 0 Å². The maximum Gasteiger partial charge on any atom is 0.323 e. The lowest BCUT2D eigenvalue weighted by Gasteiger charge is -2.22. The number of amides is 1. The van der Waals surface area contributed by atoms with Gasteiger partial charge in [-0.2, -0.15) is 11.8 Å². The molecule has 106 valence electrons. The van der Waals surface area contributed by atoms with E-state index in [4.69, 9.17) is 5.11 Å². The van der Waals surface area contributed by atoms with E-state index in [-0.39, 0.29) is 12.5 Å². The standard InChI is InChI=1S/C13H25NO3S/c1-4-5-7-18-8-6-12(15)14(9-11(2)3)10-13(16)17/h11H,4-10H2,1-3H3,(H,16,17). The zero-order valence-corrected chi connectivity index (χ0v) is 12.5. The second kappa shape index (κ2) is 10.2. The van der Waals surface area contributed by atoms with Crippen LogP contribution in [0.5, 0.6) is 0 Å². The summed E-state index contributed by atoms with van der Waals surface area (Å²) in [5.41, 5.74) is 0. The number of carbonyl (C=O) groups excluding carboxylic acids is 1. The van der Waals surface area contributed by atoms with Gasteiger partial charge in [-0.25, -0.2) is 0 Å². The molecule has 1 N–H and O–H groups in total. The lowest BCUT2D eigenvalue weighted by molar-refractivity contribution is -0.144. The van der Waals surface area contributed by atoms with E-state index in [1.54, 1.807) is 11.8 Å². The molecule has 4 nitrogen and oxygen atoms in total. The summed E-state index contributed by atoms with van der Waals surface area (Å²) in [7, 11) is 0. The highest BCUT2D eigenvalue weighted by Crippen LogP contribution is 2.09. The topological polar surface area (TPSA) is 57.6 Å². The molecular weight excluding hydrogens is 250 g/mol. The second-order valence-corrected chi connectivity index (χ2v) is 6.00. The van der Waals surface area contributed by atoms with E-state index in [0.29, 0.717) is 18.9 Å². The van der Waals surface area contributed by atoms with Gasteiger partial charge in [0.05, 0.1) is 0 Å². The molecule has 0 saturated heterocycles. The van der Waals surface area contributed by atoms with Gasteiger partial charge < -0.3 is 10.0 Å². The van der Waals surface area contributed by atoms with Gasteiger partial charge in [-0.1, -0.05) is 27.2 Å². The minimum Gasteiger partial charge on any atom is -0.480 e. The van der Waals surface area contributed by atoms with E-state index in [0.717, 1.165) is 11.5 Å². The molecular formula is C13H25NO3S. The first-order valence-corrected chi connectivity index (χ1v) is 7.70. The molecule has 0 bridgehead atoms. The van der Waals surface area contributed by atoms with E-state index in [9.17, 15) is 9.59 Å². The number of hydrogen-bond acceptors (Lipinski definition) is 3. The van der Waals surface area contributed by atoms with Crippen molar-refractivity contribution in [2.75, 3.05) is 24.6 Å². The number of unbranched alkanes of at least 4 members (excludes halogenated alkanes) is 1. The van der Waals surface area contributed by atoms with Gasteiger partial charge in [0.2, 0.25) is 5.91 Å². The molecule has 0 aliphatic carbocycles. The Kier molecular flexibility index (Phi) is 9.83. The molecule has 18 heavy (non-hydrogen) atoms. The van der Waals surface area contributed by atoms with E-state index < -0.39 is 5.97 Å². The minimum absolute atomic E-state index is 0.0462. The third kappa shape index (κ3) is 9.33. The molecule has 0 aromatic heterocycles. The van der Waals surface area contributed by atoms with Crippen molar-refractivity contribution < 1.29 is 14.7 Å². The lowest BCUT2D eigenvalue weighted by Crippen LogP contribution is -2.38. The van der Waals surface area contributed by atoms with Crippen LogP contribution in [0.25, 0.3) is 0 Å². The van der Waals surface area contributed by atoms with E-state index in [1.807, 2.05) is 13.8 Å². The summed E-state index contributed by atoms with van der Waals surface area (Å²) in [4.78, 5) is 24.1. The van der Waals surface area contributed by atoms with Gasteiger partial charge in [-0.05, 0) is 18.1 Å². The fourth-order valence-electron chi connectivity index (χ4n) is 1.52. The molecule has 0 aromatic rings. The number of carbonyl (C=O) groups is 2. The number of thioether (sulfide) groups is 1. The SMILES string of the molecule is CCCCSCCC(=O)N(CC(=O)O)CC(C)C. The molecule has 0 rings (SSSR count). The van der Waals surface area contributed by atoms with Crippen LogP contribution in [0.3, 0.4) is 0 Å². The van der Waals surface area contributed by atoms with Crippen molar-refractivity contribution in [2.24, 2.45) is 5.92 Å². The molecule has 0 unspecified atom stereocenters. The maximum atomic E-state index is 11.9. The summed E-state index contributed by atoms with van der Waals surface area (Å²) >= 11 is 1.77. The third-order valence-electron chi connectivity index (χ3n) is 2.37. The molecule has 5 heteroatoms. The van der Waals surface area contributed by atoms with Crippen LogP contribution in [-0.2, 0) is 9.59 Å². The Morgan fingerprint density at radius 2 is 1.94 bits per heavy atom. The smallest absolute Gasteiger partial charge is 0.323 e. The highest BCUT2D eigenvalue weighted by atomic mass is 32.2. The summed E-state index contributed by atoms with van der Waals surface area (Å²) in [6, 6.07) is 0.